The molecule has 2 fully saturated rings. The summed E-state index contributed by atoms with van der Waals surface area (Å²) in [4.78, 5) is 25.2. The molecule has 2 aliphatic rings. The summed E-state index contributed by atoms with van der Waals surface area (Å²) >= 11 is 0. The van der Waals surface area contributed by atoms with Crippen LogP contribution in [0.15, 0.2) is 0 Å². The second-order valence-electron chi connectivity index (χ2n) is 5.25. The summed E-state index contributed by atoms with van der Waals surface area (Å²) < 4.78 is 0. The molecule has 5 nitrogen and oxygen atoms in total. The van der Waals surface area contributed by atoms with Gasteiger partial charge < -0.3 is 16.0 Å². The lowest BCUT2D eigenvalue weighted by Crippen LogP contribution is -2.47. The molecule has 0 bridgehead atoms. The van der Waals surface area contributed by atoms with E-state index in [1.807, 2.05) is 4.90 Å². The fourth-order valence-corrected chi connectivity index (χ4v) is 2.69. The molecule has 5 heteroatoms. The van der Waals surface area contributed by atoms with E-state index in [2.05, 4.69) is 12.2 Å². The molecule has 2 aliphatic heterocycles. The minimum Gasteiger partial charge on any atom is -0.355 e. The SMILES string of the molecule is CC1CCN(C(=O)C2CNC(=O)C2)CC1CN. The quantitative estimate of drug-likeness (QED) is 0.686. The fourth-order valence-electron chi connectivity index (χ4n) is 2.69. The molecule has 2 saturated heterocycles. The highest BCUT2D eigenvalue weighted by molar-refractivity contribution is 5.89. The van der Waals surface area contributed by atoms with Crippen molar-refractivity contribution in [2.75, 3.05) is 26.2 Å². The van der Waals surface area contributed by atoms with Crippen LogP contribution in [-0.2, 0) is 9.59 Å². The van der Waals surface area contributed by atoms with E-state index < -0.39 is 0 Å². The molecule has 2 heterocycles. The van der Waals surface area contributed by atoms with Gasteiger partial charge in [0.1, 0.15) is 0 Å². The van der Waals surface area contributed by atoms with E-state index in [0.717, 1.165) is 19.5 Å². The maximum absolute atomic E-state index is 12.2. The van der Waals surface area contributed by atoms with Gasteiger partial charge in [-0.3, -0.25) is 9.59 Å². The zero-order chi connectivity index (χ0) is 12.4. The first kappa shape index (κ1) is 12.4. The van der Waals surface area contributed by atoms with E-state index in [1.165, 1.54) is 0 Å². The number of nitrogens with zero attached hydrogens (tertiary/aromatic N) is 1. The average Bonchev–Trinajstić information content (AvgIpc) is 2.75. The third-order valence-electron chi connectivity index (χ3n) is 4.06. The molecule has 3 N–H and O–H groups in total. The molecule has 0 aromatic rings. The van der Waals surface area contributed by atoms with Crippen LogP contribution in [0, 0.1) is 17.8 Å². The summed E-state index contributed by atoms with van der Waals surface area (Å²) in [5.41, 5.74) is 5.73. The van der Waals surface area contributed by atoms with Crippen molar-refractivity contribution in [3.8, 4) is 0 Å². The number of amides is 2. The third kappa shape index (κ3) is 2.60. The Kier molecular flexibility index (Phi) is 3.66. The standard InChI is InChI=1S/C12H21N3O2/c1-8-2-3-15(7-10(8)5-13)12(17)9-4-11(16)14-6-9/h8-10H,2-7,13H2,1H3,(H,14,16). The van der Waals surface area contributed by atoms with Crippen LogP contribution in [0.1, 0.15) is 19.8 Å². The van der Waals surface area contributed by atoms with Crippen LogP contribution in [0.5, 0.6) is 0 Å². The first-order valence-corrected chi connectivity index (χ1v) is 6.37. The lowest BCUT2D eigenvalue weighted by Gasteiger charge is -2.37. The minimum atomic E-state index is -0.158. The van der Waals surface area contributed by atoms with Crippen LogP contribution in [0.4, 0.5) is 0 Å². The number of hydrogen-bond acceptors (Lipinski definition) is 3. The Bertz CT molecular complexity index is 319. The van der Waals surface area contributed by atoms with Crippen molar-refractivity contribution in [2.45, 2.75) is 19.8 Å². The second kappa shape index (κ2) is 5.04. The largest absolute Gasteiger partial charge is 0.355 e. The molecule has 96 valence electrons. The topological polar surface area (TPSA) is 75.4 Å². The Morgan fingerprint density at radius 2 is 2.35 bits per heavy atom. The Hall–Kier alpha value is -1.10. The summed E-state index contributed by atoms with van der Waals surface area (Å²) in [6.07, 6.45) is 1.36. The van der Waals surface area contributed by atoms with Crippen molar-refractivity contribution in [2.24, 2.45) is 23.5 Å². The van der Waals surface area contributed by atoms with E-state index in [9.17, 15) is 9.59 Å². The average molecular weight is 239 g/mol. The zero-order valence-electron chi connectivity index (χ0n) is 10.3. The fraction of sp³-hybridized carbons (Fsp3) is 0.833. The van der Waals surface area contributed by atoms with E-state index in [1.54, 1.807) is 0 Å². The number of nitrogens with two attached hydrogens (primary N) is 1. The van der Waals surface area contributed by atoms with Gasteiger partial charge in [0.25, 0.3) is 0 Å². The molecule has 0 radical (unpaired) electrons. The van der Waals surface area contributed by atoms with Gasteiger partial charge in [-0.15, -0.1) is 0 Å². The molecule has 17 heavy (non-hydrogen) atoms. The number of nitrogens with one attached hydrogen (secondary N) is 1. The third-order valence-corrected chi connectivity index (χ3v) is 4.06. The summed E-state index contributed by atoms with van der Waals surface area (Å²) in [5, 5.41) is 2.71. The number of piperidine rings is 1. The van der Waals surface area contributed by atoms with Crippen molar-refractivity contribution >= 4 is 11.8 Å². The van der Waals surface area contributed by atoms with E-state index in [-0.39, 0.29) is 17.7 Å². The van der Waals surface area contributed by atoms with Crippen LogP contribution >= 0.6 is 0 Å². The monoisotopic (exact) mass is 239 g/mol. The normalized spacial score (nSPS) is 33.6. The van der Waals surface area contributed by atoms with Gasteiger partial charge in [0.15, 0.2) is 0 Å². The van der Waals surface area contributed by atoms with E-state index in [0.29, 0.717) is 31.3 Å². The van der Waals surface area contributed by atoms with Gasteiger partial charge in [-0.2, -0.15) is 0 Å². The molecule has 0 spiro atoms. The molecule has 2 amide bonds. The maximum atomic E-state index is 12.2. The van der Waals surface area contributed by atoms with Crippen LogP contribution in [0.3, 0.4) is 0 Å². The first-order chi connectivity index (χ1) is 8.11. The number of carbonyl (C=O) groups excluding carboxylic acids is 2. The molecule has 0 aromatic carbocycles. The molecular formula is C12H21N3O2. The van der Waals surface area contributed by atoms with Crippen molar-refractivity contribution < 1.29 is 9.59 Å². The zero-order valence-corrected chi connectivity index (χ0v) is 10.3. The molecule has 3 unspecified atom stereocenters. The van der Waals surface area contributed by atoms with Crippen molar-refractivity contribution in [1.82, 2.24) is 10.2 Å². The Morgan fingerprint density at radius 1 is 1.59 bits per heavy atom. The smallest absolute Gasteiger partial charge is 0.227 e. The van der Waals surface area contributed by atoms with Crippen molar-refractivity contribution in [3.63, 3.8) is 0 Å². The van der Waals surface area contributed by atoms with Gasteiger partial charge in [-0.05, 0) is 24.8 Å². The predicted molar refractivity (Wildman–Crippen MR) is 64.0 cm³/mol. The highest BCUT2D eigenvalue weighted by atomic mass is 16.2. The lowest BCUT2D eigenvalue weighted by molar-refractivity contribution is -0.138. The van der Waals surface area contributed by atoms with E-state index >= 15 is 0 Å². The highest BCUT2D eigenvalue weighted by Crippen LogP contribution is 2.24. The summed E-state index contributed by atoms with van der Waals surface area (Å²) in [7, 11) is 0. The van der Waals surface area contributed by atoms with Crippen molar-refractivity contribution in [3.05, 3.63) is 0 Å². The van der Waals surface area contributed by atoms with Gasteiger partial charge >= 0.3 is 0 Å². The minimum absolute atomic E-state index is 0.0101. The maximum Gasteiger partial charge on any atom is 0.227 e. The summed E-state index contributed by atoms with van der Waals surface area (Å²) in [5.74, 6) is 0.942. The molecule has 3 atom stereocenters. The van der Waals surface area contributed by atoms with Gasteiger partial charge in [0.05, 0.1) is 5.92 Å². The van der Waals surface area contributed by atoms with Crippen molar-refractivity contribution in [1.29, 1.82) is 0 Å². The lowest BCUT2D eigenvalue weighted by atomic mass is 9.86. The number of carbonyl (C=O) groups is 2. The Morgan fingerprint density at radius 3 is 2.94 bits per heavy atom. The number of likely N-dealkylation sites (tertiary alicyclic amines) is 1. The van der Waals surface area contributed by atoms with Crippen LogP contribution < -0.4 is 11.1 Å². The first-order valence-electron chi connectivity index (χ1n) is 6.37. The number of hydrogen-bond donors (Lipinski definition) is 2. The summed E-state index contributed by atoms with van der Waals surface area (Å²) in [6, 6.07) is 0. The highest BCUT2D eigenvalue weighted by Gasteiger charge is 2.34. The molecule has 0 saturated carbocycles. The second-order valence-corrected chi connectivity index (χ2v) is 5.25. The van der Waals surface area contributed by atoms with Gasteiger partial charge in [-0.25, -0.2) is 0 Å². The van der Waals surface area contributed by atoms with Gasteiger partial charge in [0.2, 0.25) is 11.8 Å². The molecule has 2 rings (SSSR count). The van der Waals surface area contributed by atoms with Gasteiger partial charge in [-0.1, -0.05) is 6.92 Å². The van der Waals surface area contributed by atoms with Crippen LogP contribution in [-0.4, -0.2) is 42.9 Å². The number of rotatable bonds is 2. The summed E-state index contributed by atoms with van der Waals surface area (Å²) in [6.45, 7) is 4.88. The van der Waals surface area contributed by atoms with Crippen LogP contribution in [0.25, 0.3) is 0 Å². The molecule has 0 aromatic heterocycles. The molecular weight excluding hydrogens is 218 g/mol. The predicted octanol–water partition coefficient (Wildman–Crippen LogP) is -0.434. The molecule has 0 aliphatic carbocycles. The van der Waals surface area contributed by atoms with Gasteiger partial charge in [0, 0.05) is 26.1 Å². The van der Waals surface area contributed by atoms with E-state index in [4.69, 9.17) is 5.73 Å². The Balaban J connectivity index is 1.94. The van der Waals surface area contributed by atoms with Crippen LogP contribution in [0.2, 0.25) is 0 Å². The Labute approximate surface area is 102 Å².